The lowest BCUT2D eigenvalue weighted by Gasteiger charge is -2.05. The minimum absolute atomic E-state index is 0.323. The van der Waals surface area contributed by atoms with Crippen LogP contribution in [0, 0.1) is 0 Å². The fourth-order valence-electron chi connectivity index (χ4n) is 2.76. The Kier molecular flexibility index (Phi) is 4.66. The van der Waals surface area contributed by atoms with Gasteiger partial charge >= 0.3 is 0 Å². The van der Waals surface area contributed by atoms with Crippen molar-refractivity contribution in [2.75, 3.05) is 0 Å². The number of benzene rings is 4. The lowest BCUT2D eigenvalue weighted by atomic mass is 10.0. The highest BCUT2D eigenvalue weighted by Gasteiger charge is 2.02. The maximum absolute atomic E-state index is 9.85. The van der Waals surface area contributed by atoms with E-state index in [0.29, 0.717) is 11.5 Å². The Morgan fingerprint density at radius 1 is 0.667 bits per heavy atom. The molecule has 24 heavy (non-hydrogen) atoms. The Hall–Kier alpha value is -3.00. The van der Waals surface area contributed by atoms with Crippen molar-refractivity contribution in [3.8, 4) is 11.5 Å². The lowest BCUT2D eigenvalue weighted by molar-refractivity contribution is 0.475. The molecule has 0 aliphatic heterocycles. The van der Waals surface area contributed by atoms with Crippen LogP contribution in [0.1, 0.15) is 12.5 Å². The highest BCUT2D eigenvalue weighted by Crippen LogP contribution is 2.28. The molecule has 0 radical (unpaired) electrons. The summed E-state index contributed by atoms with van der Waals surface area (Å²) in [6.07, 6.45) is 0.872. The second-order valence-corrected chi connectivity index (χ2v) is 5.68. The Labute approximate surface area is 141 Å². The van der Waals surface area contributed by atoms with E-state index in [4.69, 9.17) is 5.11 Å². The van der Waals surface area contributed by atoms with Crippen LogP contribution in [0.3, 0.4) is 0 Å². The zero-order chi connectivity index (χ0) is 16.9. The standard InChI is InChI=1S/C12H12O.C10H8O/c1-2-9-7-8-10-5-3-4-6-11(10)12(9)13;11-10-6-5-8-3-1-2-4-9(8)7-10/h3-8,13H,2H2,1H3;1-7,11H. The molecule has 0 saturated heterocycles. The summed E-state index contributed by atoms with van der Waals surface area (Å²) >= 11 is 0. The summed E-state index contributed by atoms with van der Waals surface area (Å²) in [5, 5.41) is 23.3. The van der Waals surface area contributed by atoms with Crippen molar-refractivity contribution in [3.05, 3.63) is 84.4 Å². The number of aromatic hydroxyl groups is 2. The average Bonchev–Trinajstić information content (AvgIpc) is 2.63. The summed E-state index contributed by atoms with van der Waals surface area (Å²) in [7, 11) is 0. The largest absolute Gasteiger partial charge is 0.508 e. The first-order valence-corrected chi connectivity index (χ1v) is 8.06. The molecule has 4 rings (SSSR count). The van der Waals surface area contributed by atoms with E-state index in [0.717, 1.165) is 33.5 Å². The third kappa shape index (κ3) is 3.33. The quantitative estimate of drug-likeness (QED) is 0.476. The molecule has 4 aromatic carbocycles. The number of fused-ring (bicyclic) bond motifs is 2. The minimum Gasteiger partial charge on any atom is -0.508 e. The van der Waals surface area contributed by atoms with Gasteiger partial charge in [0.1, 0.15) is 11.5 Å². The van der Waals surface area contributed by atoms with Crippen molar-refractivity contribution in [3.63, 3.8) is 0 Å². The third-order valence-electron chi connectivity index (χ3n) is 4.10. The number of phenolic OH excluding ortho intramolecular Hbond substituents is 2. The van der Waals surface area contributed by atoms with Gasteiger partial charge in [0, 0.05) is 5.39 Å². The molecule has 2 heteroatoms. The summed E-state index contributed by atoms with van der Waals surface area (Å²) in [6.45, 7) is 2.05. The van der Waals surface area contributed by atoms with Gasteiger partial charge in [-0.3, -0.25) is 0 Å². The zero-order valence-electron chi connectivity index (χ0n) is 13.6. The predicted octanol–water partition coefficient (Wildman–Crippen LogP) is 5.65. The molecule has 120 valence electrons. The van der Waals surface area contributed by atoms with Gasteiger partial charge < -0.3 is 10.2 Å². The monoisotopic (exact) mass is 316 g/mol. The molecule has 0 fully saturated rings. The normalized spacial score (nSPS) is 10.4. The molecule has 0 amide bonds. The van der Waals surface area contributed by atoms with E-state index < -0.39 is 0 Å². The van der Waals surface area contributed by atoms with Gasteiger partial charge in [-0.15, -0.1) is 0 Å². The van der Waals surface area contributed by atoms with Gasteiger partial charge in [-0.2, -0.15) is 0 Å². The maximum atomic E-state index is 9.85. The minimum atomic E-state index is 0.323. The summed E-state index contributed by atoms with van der Waals surface area (Å²) in [4.78, 5) is 0. The van der Waals surface area contributed by atoms with E-state index in [-0.39, 0.29) is 0 Å². The summed E-state index contributed by atoms with van der Waals surface area (Å²) in [5.41, 5.74) is 1.01. The van der Waals surface area contributed by atoms with Crippen molar-refractivity contribution in [1.82, 2.24) is 0 Å². The number of rotatable bonds is 1. The molecule has 0 saturated carbocycles. The molecule has 0 bridgehead atoms. The van der Waals surface area contributed by atoms with Crippen LogP contribution in [0.25, 0.3) is 21.5 Å². The predicted molar refractivity (Wildman–Crippen MR) is 101 cm³/mol. The molecule has 0 spiro atoms. The molecule has 0 unspecified atom stereocenters. The molecule has 0 atom stereocenters. The number of hydrogen-bond donors (Lipinski definition) is 2. The average molecular weight is 316 g/mol. The SMILES string of the molecule is CCc1ccc2ccccc2c1O.Oc1ccc2ccccc2c1. The van der Waals surface area contributed by atoms with Gasteiger partial charge in [0.15, 0.2) is 0 Å². The van der Waals surface area contributed by atoms with Gasteiger partial charge in [0.2, 0.25) is 0 Å². The van der Waals surface area contributed by atoms with Crippen molar-refractivity contribution in [2.45, 2.75) is 13.3 Å². The molecule has 4 aromatic rings. The van der Waals surface area contributed by atoms with Gasteiger partial charge in [-0.25, -0.2) is 0 Å². The Morgan fingerprint density at radius 3 is 2.04 bits per heavy atom. The van der Waals surface area contributed by atoms with Gasteiger partial charge in [-0.05, 0) is 40.3 Å². The van der Waals surface area contributed by atoms with Crippen LogP contribution >= 0.6 is 0 Å². The van der Waals surface area contributed by atoms with Crippen LogP contribution < -0.4 is 0 Å². The van der Waals surface area contributed by atoms with Crippen LogP contribution in [0.2, 0.25) is 0 Å². The van der Waals surface area contributed by atoms with Gasteiger partial charge in [0.05, 0.1) is 0 Å². The Bertz CT molecular complexity index is 974. The fourth-order valence-corrected chi connectivity index (χ4v) is 2.76. The number of aryl methyl sites for hydroxylation is 1. The molecule has 0 aromatic heterocycles. The molecule has 0 heterocycles. The van der Waals surface area contributed by atoms with Crippen LogP contribution in [-0.4, -0.2) is 10.2 Å². The topological polar surface area (TPSA) is 40.5 Å². The van der Waals surface area contributed by atoms with Crippen LogP contribution in [0.4, 0.5) is 0 Å². The second-order valence-electron chi connectivity index (χ2n) is 5.68. The molecular formula is C22H20O2. The number of hydrogen-bond acceptors (Lipinski definition) is 2. The molecular weight excluding hydrogens is 296 g/mol. The molecule has 0 aliphatic rings. The first kappa shape index (κ1) is 15.9. The van der Waals surface area contributed by atoms with Gasteiger partial charge in [-0.1, -0.05) is 73.7 Å². The summed E-state index contributed by atoms with van der Waals surface area (Å²) < 4.78 is 0. The number of phenols is 2. The fraction of sp³-hybridized carbons (Fsp3) is 0.0909. The first-order chi connectivity index (χ1) is 11.7. The zero-order valence-corrected chi connectivity index (χ0v) is 13.6. The first-order valence-electron chi connectivity index (χ1n) is 8.06. The van der Waals surface area contributed by atoms with Crippen LogP contribution in [0.5, 0.6) is 11.5 Å². The lowest BCUT2D eigenvalue weighted by Crippen LogP contribution is -1.82. The van der Waals surface area contributed by atoms with E-state index in [9.17, 15) is 5.11 Å². The smallest absolute Gasteiger partial charge is 0.126 e. The molecule has 0 aliphatic carbocycles. The second kappa shape index (κ2) is 7.05. The third-order valence-corrected chi connectivity index (χ3v) is 4.10. The highest BCUT2D eigenvalue weighted by atomic mass is 16.3. The molecule has 2 N–H and O–H groups in total. The van der Waals surface area contributed by atoms with Gasteiger partial charge in [0.25, 0.3) is 0 Å². The summed E-state index contributed by atoms with van der Waals surface area (Å²) in [5.74, 6) is 0.754. The van der Waals surface area contributed by atoms with E-state index in [1.807, 2.05) is 73.7 Å². The van der Waals surface area contributed by atoms with E-state index in [2.05, 4.69) is 0 Å². The Morgan fingerprint density at radius 2 is 1.29 bits per heavy atom. The van der Waals surface area contributed by atoms with Crippen LogP contribution in [-0.2, 0) is 6.42 Å². The van der Waals surface area contributed by atoms with E-state index in [1.54, 1.807) is 12.1 Å². The van der Waals surface area contributed by atoms with Crippen LogP contribution in [0.15, 0.2) is 78.9 Å². The highest BCUT2D eigenvalue weighted by molar-refractivity contribution is 5.89. The van der Waals surface area contributed by atoms with Crippen molar-refractivity contribution in [1.29, 1.82) is 0 Å². The summed E-state index contributed by atoms with van der Waals surface area (Å²) in [6, 6.07) is 25.2. The van der Waals surface area contributed by atoms with Crippen molar-refractivity contribution < 1.29 is 10.2 Å². The van der Waals surface area contributed by atoms with E-state index in [1.165, 1.54) is 0 Å². The maximum Gasteiger partial charge on any atom is 0.126 e. The Balaban J connectivity index is 0.000000143. The molecule has 2 nitrogen and oxygen atoms in total. The van der Waals surface area contributed by atoms with E-state index >= 15 is 0 Å². The van der Waals surface area contributed by atoms with Crippen molar-refractivity contribution in [2.24, 2.45) is 0 Å². The van der Waals surface area contributed by atoms with Crippen molar-refractivity contribution >= 4 is 21.5 Å².